The van der Waals surface area contributed by atoms with Crippen LogP contribution < -0.4 is 9.47 Å². The van der Waals surface area contributed by atoms with Crippen molar-refractivity contribution in [1.29, 1.82) is 0 Å². The van der Waals surface area contributed by atoms with Gasteiger partial charge in [-0.1, -0.05) is 18.2 Å². The molecule has 1 fully saturated rings. The topological polar surface area (TPSA) is 55.2 Å². The molecule has 3 heterocycles. The van der Waals surface area contributed by atoms with Gasteiger partial charge in [-0.15, -0.1) is 0 Å². The van der Waals surface area contributed by atoms with Gasteiger partial charge in [0, 0.05) is 38.1 Å². The number of piperidine rings is 1. The van der Waals surface area contributed by atoms with Gasteiger partial charge >= 0.3 is 0 Å². The number of carbonyl (C=O) groups is 1. The Balaban J connectivity index is 1.17. The summed E-state index contributed by atoms with van der Waals surface area (Å²) in [5.41, 5.74) is 3.45. The van der Waals surface area contributed by atoms with Crippen molar-refractivity contribution in [3.05, 3.63) is 59.4 Å². The van der Waals surface area contributed by atoms with Gasteiger partial charge in [0.25, 0.3) is 5.91 Å². The number of rotatable bonds is 5. The zero-order valence-electron chi connectivity index (χ0n) is 18.8. The first-order chi connectivity index (χ1) is 15.6. The second-order valence-corrected chi connectivity index (χ2v) is 8.85. The molecule has 6 heteroatoms. The van der Waals surface area contributed by atoms with Gasteiger partial charge in [-0.05, 0) is 60.6 Å². The molecule has 1 saturated heterocycles. The minimum atomic E-state index is 0.00703. The number of carbonyl (C=O) groups excluding carboxylic acids is 1. The molecule has 0 bridgehead atoms. The van der Waals surface area contributed by atoms with E-state index in [0.29, 0.717) is 11.7 Å². The molecule has 0 atom stereocenters. The van der Waals surface area contributed by atoms with E-state index in [1.54, 1.807) is 14.2 Å². The molecule has 1 amide bonds. The van der Waals surface area contributed by atoms with Gasteiger partial charge in [0.05, 0.1) is 14.2 Å². The van der Waals surface area contributed by atoms with Crippen LogP contribution in [0.4, 0.5) is 0 Å². The Labute approximate surface area is 188 Å². The fraction of sp³-hybridized carbons (Fsp3) is 0.423. The van der Waals surface area contributed by atoms with Crippen LogP contribution in [0.5, 0.6) is 11.5 Å². The summed E-state index contributed by atoms with van der Waals surface area (Å²) >= 11 is 0. The summed E-state index contributed by atoms with van der Waals surface area (Å²) in [5.74, 6) is 2.66. The molecule has 3 aromatic rings. The number of para-hydroxylation sites is 1. The number of nitrogens with zero attached hydrogens (tertiary/aromatic N) is 2. The lowest BCUT2D eigenvalue weighted by atomic mass is 9.93. The van der Waals surface area contributed by atoms with Crippen LogP contribution >= 0.6 is 0 Å². The van der Waals surface area contributed by atoms with E-state index in [9.17, 15) is 4.79 Å². The molecule has 32 heavy (non-hydrogen) atoms. The summed E-state index contributed by atoms with van der Waals surface area (Å²) in [6.07, 6.45) is 3.08. The molecule has 0 N–H and O–H groups in total. The van der Waals surface area contributed by atoms with Crippen molar-refractivity contribution < 1.29 is 18.7 Å². The van der Waals surface area contributed by atoms with Gasteiger partial charge in [0.15, 0.2) is 17.3 Å². The quantitative estimate of drug-likeness (QED) is 0.597. The molecular formula is C26H30N2O4. The summed E-state index contributed by atoms with van der Waals surface area (Å²) in [4.78, 5) is 17.4. The first-order valence-corrected chi connectivity index (χ1v) is 11.4. The van der Waals surface area contributed by atoms with Gasteiger partial charge in [0.1, 0.15) is 5.58 Å². The van der Waals surface area contributed by atoms with E-state index in [0.717, 1.165) is 74.5 Å². The average Bonchev–Trinajstić information content (AvgIpc) is 3.27. The highest BCUT2D eigenvalue weighted by Gasteiger charge is 2.28. The van der Waals surface area contributed by atoms with E-state index >= 15 is 0 Å². The van der Waals surface area contributed by atoms with Crippen molar-refractivity contribution in [1.82, 2.24) is 9.80 Å². The molecule has 0 unspecified atom stereocenters. The van der Waals surface area contributed by atoms with Crippen molar-refractivity contribution in [2.24, 2.45) is 5.92 Å². The average molecular weight is 435 g/mol. The van der Waals surface area contributed by atoms with Crippen LogP contribution in [0, 0.1) is 5.92 Å². The second kappa shape index (κ2) is 8.87. The fourth-order valence-electron chi connectivity index (χ4n) is 5.02. The molecule has 1 aromatic heterocycles. The van der Waals surface area contributed by atoms with Crippen molar-refractivity contribution in [3.8, 4) is 11.5 Å². The van der Waals surface area contributed by atoms with E-state index in [1.807, 2.05) is 35.2 Å². The molecule has 2 aliphatic heterocycles. The van der Waals surface area contributed by atoms with Crippen LogP contribution in [0.2, 0.25) is 0 Å². The van der Waals surface area contributed by atoms with Crippen LogP contribution in [0.3, 0.4) is 0 Å². The SMILES string of the molecule is COc1cc2c(cc1OC)CN(CC1CCN(C(=O)c3cc4ccccc4o3)CC1)CC2. The predicted octanol–water partition coefficient (Wildman–Crippen LogP) is 4.36. The zero-order valence-corrected chi connectivity index (χ0v) is 18.8. The Kier molecular flexibility index (Phi) is 5.79. The van der Waals surface area contributed by atoms with Crippen LogP contribution in [-0.2, 0) is 13.0 Å². The van der Waals surface area contributed by atoms with Gasteiger partial charge in [0.2, 0.25) is 0 Å². The molecule has 5 rings (SSSR count). The standard InChI is InChI=1S/C26H30N2O4/c1-30-23-13-19-9-10-27(17-21(19)15-24(23)31-2)16-18-7-11-28(12-8-18)26(29)25-14-20-5-3-4-6-22(20)32-25/h3-6,13-15,18H,7-12,16-17H2,1-2H3. The summed E-state index contributed by atoms with van der Waals surface area (Å²) < 4.78 is 16.7. The highest BCUT2D eigenvalue weighted by Crippen LogP contribution is 2.34. The largest absolute Gasteiger partial charge is 0.493 e. The lowest BCUT2D eigenvalue weighted by Crippen LogP contribution is -2.42. The Morgan fingerprint density at radius 1 is 1.00 bits per heavy atom. The number of ether oxygens (including phenoxy) is 2. The third kappa shape index (κ3) is 4.07. The van der Waals surface area contributed by atoms with Gasteiger partial charge < -0.3 is 18.8 Å². The summed E-state index contributed by atoms with van der Waals surface area (Å²) in [6.45, 7) is 4.64. The highest BCUT2D eigenvalue weighted by atomic mass is 16.5. The maximum atomic E-state index is 12.9. The van der Waals surface area contributed by atoms with Crippen LogP contribution in [0.25, 0.3) is 11.0 Å². The van der Waals surface area contributed by atoms with E-state index in [2.05, 4.69) is 17.0 Å². The maximum Gasteiger partial charge on any atom is 0.289 e. The third-order valence-corrected chi connectivity index (χ3v) is 6.85. The smallest absolute Gasteiger partial charge is 0.289 e. The molecule has 0 aliphatic carbocycles. The van der Waals surface area contributed by atoms with Gasteiger partial charge in [-0.2, -0.15) is 0 Å². The minimum Gasteiger partial charge on any atom is -0.493 e. The number of hydrogen-bond donors (Lipinski definition) is 0. The Morgan fingerprint density at radius 3 is 2.44 bits per heavy atom. The Bertz CT molecular complexity index is 1080. The van der Waals surface area contributed by atoms with E-state index in [1.165, 1.54) is 11.1 Å². The zero-order chi connectivity index (χ0) is 22.1. The second-order valence-electron chi connectivity index (χ2n) is 8.85. The molecule has 2 aromatic carbocycles. The minimum absolute atomic E-state index is 0.00703. The lowest BCUT2D eigenvalue weighted by molar-refractivity contribution is 0.0634. The van der Waals surface area contributed by atoms with E-state index in [-0.39, 0.29) is 5.91 Å². The number of hydrogen-bond acceptors (Lipinski definition) is 5. The first-order valence-electron chi connectivity index (χ1n) is 11.4. The van der Waals surface area contributed by atoms with Crippen LogP contribution in [-0.4, -0.2) is 56.1 Å². The fourth-order valence-corrected chi connectivity index (χ4v) is 5.02. The molecule has 0 radical (unpaired) electrons. The molecule has 0 saturated carbocycles. The number of amides is 1. The summed E-state index contributed by atoms with van der Waals surface area (Å²) in [7, 11) is 3.37. The highest BCUT2D eigenvalue weighted by molar-refractivity contribution is 5.96. The van der Waals surface area contributed by atoms with Crippen molar-refractivity contribution in [3.63, 3.8) is 0 Å². The molecule has 2 aliphatic rings. The van der Waals surface area contributed by atoms with Crippen LogP contribution in [0.15, 0.2) is 46.9 Å². The predicted molar refractivity (Wildman–Crippen MR) is 123 cm³/mol. The number of benzene rings is 2. The van der Waals surface area contributed by atoms with Crippen LogP contribution in [0.1, 0.15) is 34.5 Å². The van der Waals surface area contributed by atoms with E-state index < -0.39 is 0 Å². The Hall–Kier alpha value is -2.99. The van der Waals surface area contributed by atoms with Gasteiger partial charge in [-0.3, -0.25) is 9.69 Å². The first kappa shape index (κ1) is 20.9. The normalized spacial score (nSPS) is 17.4. The number of fused-ring (bicyclic) bond motifs is 2. The number of methoxy groups -OCH3 is 2. The van der Waals surface area contributed by atoms with Crippen molar-refractivity contribution in [2.45, 2.75) is 25.8 Å². The lowest BCUT2D eigenvalue weighted by Gasteiger charge is -2.36. The number of likely N-dealkylation sites (tertiary alicyclic amines) is 1. The molecule has 0 spiro atoms. The summed E-state index contributed by atoms with van der Waals surface area (Å²) in [5, 5.41) is 0.977. The third-order valence-electron chi connectivity index (χ3n) is 6.85. The summed E-state index contributed by atoms with van der Waals surface area (Å²) in [6, 6.07) is 13.9. The van der Waals surface area contributed by atoms with Gasteiger partial charge in [-0.25, -0.2) is 0 Å². The Morgan fingerprint density at radius 2 is 1.72 bits per heavy atom. The van der Waals surface area contributed by atoms with E-state index in [4.69, 9.17) is 13.9 Å². The molecular weight excluding hydrogens is 404 g/mol. The maximum absolute atomic E-state index is 12.9. The van der Waals surface area contributed by atoms with Crippen molar-refractivity contribution >= 4 is 16.9 Å². The molecule has 6 nitrogen and oxygen atoms in total. The molecule has 168 valence electrons. The number of furan rings is 1. The van der Waals surface area contributed by atoms with Crippen molar-refractivity contribution in [2.75, 3.05) is 40.4 Å². The monoisotopic (exact) mass is 434 g/mol.